The Bertz CT molecular complexity index is 1240. The van der Waals surface area contributed by atoms with Crippen molar-refractivity contribution >= 4 is 30.0 Å². The summed E-state index contributed by atoms with van der Waals surface area (Å²) in [6, 6.07) is 13.0. The molecule has 0 saturated carbocycles. The Balaban J connectivity index is 1.43. The molecule has 2 aromatic carbocycles. The summed E-state index contributed by atoms with van der Waals surface area (Å²) in [6.07, 6.45) is 2.30. The molecular formula is C29H36N6O6. The number of benzene rings is 2. The molecule has 2 aliphatic heterocycles. The Morgan fingerprint density at radius 1 is 1.05 bits per heavy atom. The molecule has 5 amide bonds. The first kappa shape index (κ1) is 29.5. The number of carbonyl (C=O) groups is 5. The van der Waals surface area contributed by atoms with Crippen molar-refractivity contribution in [3.05, 3.63) is 65.7 Å². The third kappa shape index (κ3) is 7.82. The van der Waals surface area contributed by atoms with E-state index in [2.05, 4.69) is 21.3 Å². The minimum Gasteiger partial charge on any atom is -0.508 e. The predicted octanol–water partition coefficient (Wildman–Crippen LogP) is -0.900. The molecule has 5 atom stereocenters. The third-order valence-corrected chi connectivity index (χ3v) is 7.56. The van der Waals surface area contributed by atoms with Crippen molar-refractivity contribution in [2.45, 2.75) is 62.3 Å². The second kappa shape index (κ2) is 13.8. The normalized spacial score (nSPS) is 22.8. The number of aromatic hydroxyl groups is 1. The third-order valence-electron chi connectivity index (χ3n) is 7.56. The van der Waals surface area contributed by atoms with E-state index in [1.807, 2.05) is 30.3 Å². The van der Waals surface area contributed by atoms with Crippen LogP contribution in [0.5, 0.6) is 5.75 Å². The summed E-state index contributed by atoms with van der Waals surface area (Å²) in [7, 11) is 0. The van der Waals surface area contributed by atoms with Crippen LogP contribution >= 0.6 is 0 Å². The highest BCUT2D eigenvalue weighted by molar-refractivity contribution is 5.91. The smallest absolute Gasteiger partial charge is 0.247 e. The first-order chi connectivity index (χ1) is 19.7. The van der Waals surface area contributed by atoms with E-state index < -0.39 is 42.0 Å². The van der Waals surface area contributed by atoms with E-state index in [0.29, 0.717) is 38.6 Å². The highest BCUT2D eigenvalue weighted by Crippen LogP contribution is 2.19. The molecule has 0 radical (unpaired) electrons. The van der Waals surface area contributed by atoms with Crippen LogP contribution in [0, 0.1) is 0 Å². The quantitative estimate of drug-likeness (QED) is 0.181. The van der Waals surface area contributed by atoms with Crippen LogP contribution in [0.2, 0.25) is 0 Å². The molecule has 7 N–H and O–H groups in total. The summed E-state index contributed by atoms with van der Waals surface area (Å²) in [5, 5.41) is 21.2. The summed E-state index contributed by atoms with van der Waals surface area (Å²) in [6.45, 7) is 0.165. The maximum absolute atomic E-state index is 13.1. The van der Waals surface area contributed by atoms with Crippen LogP contribution in [-0.4, -0.2) is 83.3 Å². The molecule has 2 aliphatic rings. The summed E-state index contributed by atoms with van der Waals surface area (Å²) in [5.74, 6) is -1.53. The molecule has 12 heteroatoms. The molecule has 0 unspecified atom stereocenters. The largest absolute Gasteiger partial charge is 0.508 e. The van der Waals surface area contributed by atoms with E-state index in [0.717, 1.165) is 11.1 Å². The van der Waals surface area contributed by atoms with Crippen LogP contribution in [0.4, 0.5) is 0 Å². The summed E-state index contributed by atoms with van der Waals surface area (Å²) in [5.41, 5.74) is 7.27. The number of nitrogens with two attached hydrogens (primary N) is 1. The standard InChI is InChI=1S/C29H36N6O6/c30-27(39)25-7-4-12-35(25)29(41)24(32-17-36)16-31-26(38)15-22-21(13-19-8-10-20(37)11-9-19)34-28(40)23(33-22)14-18-5-2-1-3-6-18/h1-3,5-6,8-11,17,21-25,33,37H,4,7,12-16H2,(H2,30,39)(H,31,38)(H,32,36)(H,34,40)/t21-,22-,23+,24-,25-/m0/s1. The average Bonchev–Trinajstić information content (AvgIpc) is 3.45. The zero-order valence-electron chi connectivity index (χ0n) is 22.6. The van der Waals surface area contributed by atoms with Crippen molar-refractivity contribution in [2.75, 3.05) is 13.1 Å². The molecule has 2 fully saturated rings. The molecule has 2 aromatic rings. The summed E-state index contributed by atoms with van der Waals surface area (Å²) >= 11 is 0. The van der Waals surface area contributed by atoms with Gasteiger partial charge in [-0.15, -0.1) is 0 Å². The molecule has 218 valence electrons. The molecular weight excluding hydrogens is 528 g/mol. The highest BCUT2D eigenvalue weighted by atomic mass is 16.3. The van der Waals surface area contributed by atoms with E-state index in [1.165, 1.54) is 4.90 Å². The average molecular weight is 565 g/mol. The second-order valence-corrected chi connectivity index (χ2v) is 10.4. The molecule has 2 heterocycles. The number of piperazine rings is 1. The van der Waals surface area contributed by atoms with E-state index in [4.69, 9.17) is 5.73 Å². The van der Waals surface area contributed by atoms with Crippen LogP contribution in [0.15, 0.2) is 54.6 Å². The van der Waals surface area contributed by atoms with Crippen molar-refractivity contribution in [3.8, 4) is 5.75 Å². The van der Waals surface area contributed by atoms with Gasteiger partial charge in [-0.05, 0) is 48.9 Å². The van der Waals surface area contributed by atoms with Crippen molar-refractivity contribution in [1.29, 1.82) is 0 Å². The van der Waals surface area contributed by atoms with Crippen LogP contribution in [-0.2, 0) is 36.8 Å². The Labute approximate surface area is 238 Å². The van der Waals surface area contributed by atoms with Crippen molar-refractivity contribution < 1.29 is 29.1 Å². The number of phenolic OH excluding ortho intramolecular Hbond substituents is 1. The van der Waals surface area contributed by atoms with Crippen molar-refractivity contribution in [2.24, 2.45) is 5.73 Å². The van der Waals surface area contributed by atoms with Crippen LogP contribution < -0.4 is 27.0 Å². The first-order valence-corrected chi connectivity index (χ1v) is 13.7. The monoisotopic (exact) mass is 564 g/mol. The number of hydrogen-bond donors (Lipinski definition) is 6. The number of phenols is 1. The number of nitrogens with one attached hydrogen (secondary N) is 4. The van der Waals surface area contributed by atoms with Crippen molar-refractivity contribution in [3.63, 3.8) is 0 Å². The van der Waals surface area contributed by atoms with Crippen molar-refractivity contribution in [1.82, 2.24) is 26.2 Å². The van der Waals surface area contributed by atoms with Gasteiger partial charge in [-0.1, -0.05) is 42.5 Å². The zero-order chi connectivity index (χ0) is 29.4. The Morgan fingerprint density at radius 3 is 2.44 bits per heavy atom. The molecule has 0 spiro atoms. The van der Waals surface area contributed by atoms with E-state index in [-0.39, 0.29) is 30.5 Å². The Hall–Kier alpha value is -4.45. The first-order valence-electron chi connectivity index (χ1n) is 13.7. The number of rotatable bonds is 12. The molecule has 41 heavy (non-hydrogen) atoms. The van der Waals surface area contributed by atoms with Gasteiger partial charge in [0.25, 0.3) is 0 Å². The fourth-order valence-corrected chi connectivity index (χ4v) is 5.43. The molecule has 0 aliphatic carbocycles. The summed E-state index contributed by atoms with van der Waals surface area (Å²) < 4.78 is 0. The Morgan fingerprint density at radius 2 is 1.76 bits per heavy atom. The van der Waals surface area contributed by atoms with Gasteiger partial charge < -0.3 is 37.0 Å². The topological polar surface area (TPSA) is 183 Å². The summed E-state index contributed by atoms with van der Waals surface area (Å²) in [4.78, 5) is 63.5. The lowest BCUT2D eigenvalue weighted by atomic mass is 9.91. The molecule has 0 aromatic heterocycles. The molecule has 2 saturated heterocycles. The number of amides is 5. The molecule has 12 nitrogen and oxygen atoms in total. The number of hydrogen-bond acceptors (Lipinski definition) is 7. The van der Waals surface area contributed by atoms with Gasteiger partial charge in [0.1, 0.15) is 17.8 Å². The predicted molar refractivity (Wildman–Crippen MR) is 149 cm³/mol. The fourth-order valence-electron chi connectivity index (χ4n) is 5.43. The minimum atomic E-state index is -1.06. The van der Waals surface area contributed by atoms with Gasteiger partial charge in [-0.3, -0.25) is 24.0 Å². The van der Waals surface area contributed by atoms with Gasteiger partial charge in [-0.2, -0.15) is 0 Å². The lowest BCUT2D eigenvalue weighted by molar-refractivity contribution is -0.139. The van der Waals surface area contributed by atoms with E-state index in [1.54, 1.807) is 24.3 Å². The van der Waals surface area contributed by atoms with Gasteiger partial charge in [0.05, 0.1) is 6.04 Å². The number of nitrogens with zero attached hydrogens (tertiary/aromatic N) is 1. The zero-order valence-corrected chi connectivity index (χ0v) is 22.6. The number of likely N-dealkylation sites (tertiary alicyclic amines) is 1. The highest BCUT2D eigenvalue weighted by Gasteiger charge is 2.38. The van der Waals surface area contributed by atoms with Gasteiger partial charge in [0.15, 0.2) is 0 Å². The molecule has 4 rings (SSSR count). The maximum atomic E-state index is 13.1. The van der Waals surface area contributed by atoms with Gasteiger partial charge in [0, 0.05) is 31.6 Å². The second-order valence-electron chi connectivity index (χ2n) is 10.4. The Kier molecular flexibility index (Phi) is 9.91. The van der Waals surface area contributed by atoms with Gasteiger partial charge >= 0.3 is 0 Å². The minimum absolute atomic E-state index is 0.00998. The van der Waals surface area contributed by atoms with Gasteiger partial charge in [0.2, 0.25) is 30.0 Å². The lowest BCUT2D eigenvalue weighted by Crippen LogP contribution is -2.65. The van der Waals surface area contributed by atoms with Gasteiger partial charge in [-0.25, -0.2) is 0 Å². The maximum Gasteiger partial charge on any atom is 0.247 e. The van der Waals surface area contributed by atoms with Crippen LogP contribution in [0.1, 0.15) is 30.4 Å². The van der Waals surface area contributed by atoms with Crippen LogP contribution in [0.25, 0.3) is 0 Å². The fraction of sp³-hybridized carbons (Fsp3) is 0.414. The van der Waals surface area contributed by atoms with Crippen LogP contribution in [0.3, 0.4) is 0 Å². The lowest BCUT2D eigenvalue weighted by Gasteiger charge is -2.38. The molecule has 0 bridgehead atoms. The number of carbonyl (C=O) groups excluding carboxylic acids is 5. The SMILES string of the molecule is NC(=O)[C@@H]1CCCN1C(=O)[C@H](CNC(=O)C[C@@H]1N[C@H](Cc2ccccc2)C(=O)N[C@H]1Cc1ccc(O)cc1)NC=O. The van der Waals surface area contributed by atoms with E-state index >= 15 is 0 Å². The van der Waals surface area contributed by atoms with E-state index in [9.17, 15) is 29.1 Å². The number of primary amides is 1.